The van der Waals surface area contributed by atoms with Gasteiger partial charge in [0, 0.05) is 18.2 Å². The summed E-state index contributed by atoms with van der Waals surface area (Å²) in [5.74, 6) is -0.276. The molecule has 0 unspecified atom stereocenters. The SMILES string of the molecule is COC(=O)C1(C[C@H](Cc2ccc([N+](=O)[O-])cc2)NC(=O)OC(C)(C)C)CC1. The Balaban J connectivity index is 2.12. The number of nitro benzene ring substituents is 1. The van der Waals surface area contributed by atoms with E-state index in [2.05, 4.69) is 5.32 Å². The van der Waals surface area contributed by atoms with Gasteiger partial charge in [0.1, 0.15) is 5.60 Å². The number of benzene rings is 1. The van der Waals surface area contributed by atoms with Gasteiger partial charge in [-0.3, -0.25) is 14.9 Å². The van der Waals surface area contributed by atoms with Crippen LogP contribution in [0.25, 0.3) is 0 Å². The van der Waals surface area contributed by atoms with E-state index in [-0.39, 0.29) is 17.7 Å². The lowest BCUT2D eigenvalue weighted by molar-refractivity contribution is -0.384. The van der Waals surface area contributed by atoms with E-state index in [0.29, 0.717) is 25.7 Å². The van der Waals surface area contributed by atoms with Crippen LogP contribution in [0.5, 0.6) is 0 Å². The van der Waals surface area contributed by atoms with Crippen LogP contribution in [0.4, 0.5) is 10.5 Å². The molecule has 0 aromatic heterocycles. The Morgan fingerprint density at radius 3 is 2.30 bits per heavy atom. The molecule has 1 aliphatic rings. The quantitative estimate of drug-likeness (QED) is 0.443. The van der Waals surface area contributed by atoms with Gasteiger partial charge in [0.25, 0.3) is 5.69 Å². The van der Waals surface area contributed by atoms with E-state index in [1.165, 1.54) is 19.2 Å². The third kappa shape index (κ3) is 5.94. The highest BCUT2D eigenvalue weighted by atomic mass is 16.6. The van der Waals surface area contributed by atoms with Crippen molar-refractivity contribution in [2.75, 3.05) is 7.11 Å². The summed E-state index contributed by atoms with van der Waals surface area (Å²) in [6.07, 6.45) is 1.72. The Bertz CT molecular complexity index is 704. The van der Waals surface area contributed by atoms with Crippen molar-refractivity contribution in [1.82, 2.24) is 5.32 Å². The molecule has 1 aromatic rings. The van der Waals surface area contributed by atoms with Crippen molar-refractivity contribution in [1.29, 1.82) is 0 Å². The first-order valence-electron chi connectivity index (χ1n) is 8.86. The van der Waals surface area contributed by atoms with Crippen LogP contribution in [0.1, 0.15) is 45.6 Å². The minimum absolute atomic E-state index is 0.00336. The van der Waals surface area contributed by atoms with Gasteiger partial charge in [-0.1, -0.05) is 12.1 Å². The van der Waals surface area contributed by atoms with Crippen molar-refractivity contribution in [2.45, 2.75) is 58.1 Å². The lowest BCUT2D eigenvalue weighted by Crippen LogP contribution is -2.42. The second-order valence-electron chi connectivity index (χ2n) is 7.95. The minimum atomic E-state index is -0.637. The van der Waals surface area contributed by atoms with Crippen molar-refractivity contribution in [2.24, 2.45) is 5.41 Å². The maximum atomic E-state index is 12.2. The maximum absolute atomic E-state index is 12.2. The summed E-state index contributed by atoms with van der Waals surface area (Å²) in [6, 6.07) is 5.79. The molecule has 8 nitrogen and oxygen atoms in total. The molecule has 0 aliphatic heterocycles. The second-order valence-corrected chi connectivity index (χ2v) is 7.95. The van der Waals surface area contributed by atoms with Gasteiger partial charge in [-0.25, -0.2) is 4.79 Å². The van der Waals surface area contributed by atoms with Crippen LogP contribution >= 0.6 is 0 Å². The second kappa shape index (κ2) is 7.94. The van der Waals surface area contributed by atoms with Gasteiger partial charge in [-0.2, -0.15) is 0 Å². The number of non-ortho nitro benzene ring substituents is 1. The molecule has 1 aliphatic carbocycles. The van der Waals surface area contributed by atoms with E-state index in [1.54, 1.807) is 32.9 Å². The number of hydrogen-bond acceptors (Lipinski definition) is 6. The number of hydrogen-bond donors (Lipinski definition) is 1. The molecule has 0 saturated heterocycles. The highest BCUT2D eigenvalue weighted by Gasteiger charge is 2.52. The Hall–Kier alpha value is -2.64. The highest BCUT2D eigenvalue weighted by Crippen LogP contribution is 2.50. The first kappa shape index (κ1) is 20.7. The van der Waals surface area contributed by atoms with Crippen LogP contribution in [0, 0.1) is 15.5 Å². The van der Waals surface area contributed by atoms with Gasteiger partial charge in [0.05, 0.1) is 17.4 Å². The third-order valence-electron chi connectivity index (χ3n) is 4.46. The molecule has 1 aromatic carbocycles. The molecule has 1 atom stereocenters. The summed E-state index contributed by atoms with van der Waals surface area (Å²) in [6.45, 7) is 5.32. The lowest BCUT2D eigenvalue weighted by atomic mass is 9.92. The normalized spacial score (nSPS) is 16.1. The van der Waals surface area contributed by atoms with E-state index in [4.69, 9.17) is 9.47 Å². The molecule has 1 N–H and O–H groups in total. The number of nitrogens with one attached hydrogen (secondary N) is 1. The zero-order chi connectivity index (χ0) is 20.2. The number of rotatable bonds is 7. The predicted octanol–water partition coefficient (Wildman–Crippen LogP) is 3.37. The number of alkyl carbamates (subject to hydrolysis) is 1. The van der Waals surface area contributed by atoms with E-state index >= 15 is 0 Å². The zero-order valence-corrected chi connectivity index (χ0v) is 16.1. The van der Waals surface area contributed by atoms with Crippen molar-refractivity contribution in [3.05, 3.63) is 39.9 Å². The molecule has 0 bridgehead atoms. The van der Waals surface area contributed by atoms with E-state index in [0.717, 1.165) is 5.56 Å². The largest absolute Gasteiger partial charge is 0.469 e. The van der Waals surface area contributed by atoms with Crippen molar-refractivity contribution in [3.63, 3.8) is 0 Å². The summed E-state index contributed by atoms with van der Waals surface area (Å²) in [5, 5.41) is 13.6. The molecule has 0 radical (unpaired) electrons. The number of ether oxygens (including phenoxy) is 2. The molecule has 2 rings (SSSR count). The van der Waals surface area contributed by atoms with Gasteiger partial charge in [-0.15, -0.1) is 0 Å². The fourth-order valence-corrected chi connectivity index (χ4v) is 3.02. The summed E-state index contributed by atoms with van der Waals surface area (Å²) in [7, 11) is 1.36. The number of nitro groups is 1. The number of amides is 1. The van der Waals surface area contributed by atoms with Crippen LogP contribution < -0.4 is 5.32 Å². The van der Waals surface area contributed by atoms with Crippen LogP contribution in [0.2, 0.25) is 0 Å². The van der Waals surface area contributed by atoms with Gasteiger partial charge in [-0.05, 0) is 52.0 Å². The van der Waals surface area contributed by atoms with Crippen molar-refractivity contribution >= 4 is 17.7 Å². The van der Waals surface area contributed by atoms with E-state index in [1.807, 2.05) is 0 Å². The Morgan fingerprint density at radius 1 is 1.26 bits per heavy atom. The average molecular weight is 378 g/mol. The third-order valence-corrected chi connectivity index (χ3v) is 4.46. The van der Waals surface area contributed by atoms with Crippen molar-refractivity contribution < 1.29 is 24.0 Å². The summed E-state index contributed by atoms with van der Waals surface area (Å²) in [4.78, 5) is 34.6. The maximum Gasteiger partial charge on any atom is 0.407 e. The summed E-state index contributed by atoms with van der Waals surface area (Å²) >= 11 is 0. The fourth-order valence-electron chi connectivity index (χ4n) is 3.02. The molecule has 1 fully saturated rings. The van der Waals surface area contributed by atoms with Gasteiger partial charge < -0.3 is 14.8 Å². The van der Waals surface area contributed by atoms with E-state index in [9.17, 15) is 19.7 Å². The minimum Gasteiger partial charge on any atom is -0.469 e. The Labute approximate surface area is 158 Å². The van der Waals surface area contributed by atoms with Gasteiger partial charge in [0.2, 0.25) is 0 Å². The molecule has 1 saturated carbocycles. The predicted molar refractivity (Wildman–Crippen MR) is 98.3 cm³/mol. The average Bonchev–Trinajstić information content (AvgIpc) is 3.33. The molecule has 0 spiro atoms. The smallest absolute Gasteiger partial charge is 0.407 e. The molecule has 0 heterocycles. The summed E-state index contributed by atoms with van der Waals surface area (Å²) < 4.78 is 10.2. The molecule has 1 amide bonds. The number of esters is 1. The summed E-state index contributed by atoms with van der Waals surface area (Å²) in [5.41, 5.74) is -0.387. The highest BCUT2D eigenvalue weighted by molar-refractivity contribution is 5.80. The van der Waals surface area contributed by atoms with Crippen LogP contribution in [0.15, 0.2) is 24.3 Å². The monoisotopic (exact) mass is 378 g/mol. The zero-order valence-electron chi connectivity index (χ0n) is 16.1. The molecule has 8 heteroatoms. The molecule has 148 valence electrons. The van der Waals surface area contributed by atoms with E-state index < -0.39 is 22.0 Å². The molecule has 27 heavy (non-hydrogen) atoms. The van der Waals surface area contributed by atoms with Crippen LogP contribution in [0.3, 0.4) is 0 Å². The van der Waals surface area contributed by atoms with Gasteiger partial charge in [0.15, 0.2) is 0 Å². The molecular formula is C19H26N2O6. The number of nitrogens with zero attached hydrogens (tertiary/aromatic N) is 1. The molecular weight excluding hydrogens is 352 g/mol. The van der Waals surface area contributed by atoms with Crippen LogP contribution in [-0.2, 0) is 20.7 Å². The first-order valence-corrected chi connectivity index (χ1v) is 8.86. The first-order chi connectivity index (χ1) is 12.5. The lowest BCUT2D eigenvalue weighted by Gasteiger charge is -2.26. The number of methoxy groups -OCH3 is 1. The topological polar surface area (TPSA) is 108 Å². The standard InChI is InChI=1S/C19H26N2O6/c1-18(2,3)27-17(23)20-14(12-19(9-10-19)16(22)26-4)11-13-5-7-15(8-6-13)21(24)25/h5-8,14H,9-12H2,1-4H3,(H,20,23)/t14-/m0/s1. The van der Waals surface area contributed by atoms with Crippen molar-refractivity contribution in [3.8, 4) is 0 Å². The fraction of sp³-hybridized carbons (Fsp3) is 0.579. The Morgan fingerprint density at radius 2 is 1.85 bits per heavy atom. The van der Waals surface area contributed by atoms with Gasteiger partial charge >= 0.3 is 12.1 Å². The number of carbonyl (C=O) groups excluding carboxylic acids is 2. The Kier molecular flexibility index (Phi) is 6.08. The van der Waals surface area contributed by atoms with Crippen LogP contribution in [-0.4, -0.2) is 35.7 Å². The number of carbonyl (C=O) groups is 2.